The Hall–Kier alpha value is -3.45. The van der Waals surface area contributed by atoms with Crippen LogP contribution in [0.5, 0.6) is 0 Å². The van der Waals surface area contributed by atoms with Crippen LogP contribution in [0, 0.1) is 19.8 Å². The summed E-state index contributed by atoms with van der Waals surface area (Å²) in [5.74, 6) is 0.504. The molecule has 0 spiro atoms. The second-order valence-electron chi connectivity index (χ2n) is 8.95. The van der Waals surface area contributed by atoms with E-state index in [2.05, 4.69) is 23.2 Å². The molecule has 0 aliphatic carbocycles. The monoisotopic (exact) mass is 472 g/mol. The number of carbonyl (C=O) groups is 1. The minimum absolute atomic E-state index is 0.0498. The molecular formula is C27H28N4O2S. The van der Waals surface area contributed by atoms with Crippen LogP contribution in [-0.4, -0.2) is 28.5 Å². The van der Waals surface area contributed by atoms with Crippen LogP contribution in [0.2, 0.25) is 0 Å². The first-order valence-electron chi connectivity index (χ1n) is 11.7. The molecule has 1 aliphatic heterocycles. The Bertz CT molecular complexity index is 1390. The Morgan fingerprint density at radius 3 is 2.71 bits per heavy atom. The highest BCUT2D eigenvalue weighted by Crippen LogP contribution is 2.27. The average molecular weight is 473 g/mol. The van der Waals surface area contributed by atoms with Crippen LogP contribution in [0.1, 0.15) is 29.5 Å². The summed E-state index contributed by atoms with van der Waals surface area (Å²) in [4.78, 5) is 33.5. The van der Waals surface area contributed by atoms with Gasteiger partial charge in [0.15, 0.2) is 0 Å². The lowest BCUT2D eigenvalue weighted by molar-refractivity contribution is -0.125. The van der Waals surface area contributed by atoms with Gasteiger partial charge < -0.3 is 10.2 Å². The minimum atomic E-state index is -0.153. The molecule has 0 bridgehead atoms. The number of piperidine rings is 1. The van der Waals surface area contributed by atoms with Crippen molar-refractivity contribution in [2.45, 2.75) is 33.2 Å². The summed E-state index contributed by atoms with van der Waals surface area (Å²) in [6.07, 6.45) is 1.69. The summed E-state index contributed by atoms with van der Waals surface area (Å²) in [5.41, 5.74) is 4.86. The third-order valence-electron chi connectivity index (χ3n) is 6.54. The highest BCUT2D eigenvalue weighted by molar-refractivity contribution is 7.17. The summed E-state index contributed by atoms with van der Waals surface area (Å²) in [6, 6.07) is 17.9. The molecule has 2 aromatic heterocycles. The van der Waals surface area contributed by atoms with Gasteiger partial charge >= 0.3 is 0 Å². The van der Waals surface area contributed by atoms with E-state index in [0.717, 1.165) is 36.2 Å². The van der Waals surface area contributed by atoms with E-state index >= 15 is 0 Å². The van der Waals surface area contributed by atoms with Crippen molar-refractivity contribution in [2.75, 3.05) is 18.0 Å². The van der Waals surface area contributed by atoms with E-state index in [1.807, 2.05) is 60.8 Å². The number of hydrogen-bond acceptors (Lipinski definition) is 5. The second kappa shape index (κ2) is 9.43. The normalized spacial score (nSPS) is 16.1. The molecule has 1 saturated heterocycles. The number of anilines is 1. The van der Waals surface area contributed by atoms with Crippen molar-refractivity contribution in [3.8, 4) is 5.69 Å². The molecule has 2 aromatic carbocycles. The molecule has 1 atom stereocenters. The van der Waals surface area contributed by atoms with Crippen LogP contribution in [0.15, 0.2) is 64.8 Å². The fourth-order valence-corrected chi connectivity index (χ4v) is 5.31. The fraction of sp³-hybridized carbons (Fsp3) is 0.296. The lowest BCUT2D eigenvalue weighted by Gasteiger charge is -2.34. The van der Waals surface area contributed by atoms with Crippen molar-refractivity contribution in [3.63, 3.8) is 0 Å². The zero-order valence-corrected chi connectivity index (χ0v) is 20.3. The predicted octanol–water partition coefficient (Wildman–Crippen LogP) is 4.60. The molecule has 4 aromatic rings. The Labute approximate surface area is 202 Å². The first kappa shape index (κ1) is 22.3. The maximum Gasteiger partial charge on any atom is 0.277 e. The molecular weight excluding hydrogens is 444 g/mol. The number of aromatic nitrogens is 2. The number of amides is 1. The Kier molecular flexibility index (Phi) is 6.20. The van der Waals surface area contributed by atoms with Crippen LogP contribution >= 0.6 is 11.3 Å². The highest BCUT2D eigenvalue weighted by atomic mass is 32.1. The van der Waals surface area contributed by atoms with Gasteiger partial charge in [0.2, 0.25) is 11.9 Å². The van der Waals surface area contributed by atoms with E-state index in [4.69, 9.17) is 4.98 Å². The van der Waals surface area contributed by atoms with E-state index in [9.17, 15) is 9.59 Å². The van der Waals surface area contributed by atoms with E-state index < -0.39 is 0 Å². The first-order valence-corrected chi connectivity index (χ1v) is 12.5. The minimum Gasteiger partial charge on any atom is -0.352 e. The third kappa shape index (κ3) is 4.35. The van der Waals surface area contributed by atoms with Gasteiger partial charge in [-0.2, -0.15) is 0 Å². The van der Waals surface area contributed by atoms with E-state index in [0.29, 0.717) is 29.3 Å². The number of aryl methyl sites for hydroxylation is 2. The second-order valence-corrected chi connectivity index (χ2v) is 9.87. The zero-order valence-electron chi connectivity index (χ0n) is 19.5. The van der Waals surface area contributed by atoms with Crippen molar-refractivity contribution < 1.29 is 4.79 Å². The molecule has 0 saturated carbocycles. The average Bonchev–Trinajstić information content (AvgIpc) is 3.33. The quantitative estimate of drug-likeness (QED) is 0.461. The number of hydrogen-bond donors (Lipinski definition) is 1. The third-order valence-corrected chi connectivity index (χ3v) is 7.44. The van der Waals surface area contributed by atoms with Gasteiger partial charge in [-0.15, -0.1) is 11.3 Å². The molecule has 174 valence electrons. The Morgan fingerprint density at radius 2 is 1.91 bits per heavy atom. The lowest BCUT2D eigenvalue weighted by Crippen LogP contribution is -2.45. The van der Waals surface area contributed by atoms with Crippen LogP contribution in [-0.2, 0) is 11.3 Å². The topological polar surface area (TPSA) is 67.2 Å². The van der Waals surface area contributed by atoms with Crippen LogP contribution in [0.25, 0.3) is 15.9 Å². The molecule has 6 nitrogen and oxygen atoms in total. The van der Waals surface area contributed by atoms with Gasteiger partial charge in [-0.3, -0.25) is 9.59 Å². The maximum absolute atomic E-state index is 13.5. The van der Waals surface area contributed by atoms with Gasteiger partial charge in [0.1, 0.15) is 4.70 Å². The van der Waals surface area contributed by atoms with Crippen molar-refractivity contribution in [1.82, 2.24) is 14.9 Å². The smallest absolute Gasteiger partial charge is 0.277 e. The molecule has 1 amide bonds. The van der Waals surface area contributed by atoms with Crippen molar-refractivity contribution in [2.24, 2.45) is 5.92 Å². The molecule has 34 heavy (non-hydrogen) atoms. The molecule has 0 unspecified atom stereocenters. The van der Waals surface area contributed by atoms with E-state index in [-0.39, 0.29) is 17.4 Å². The standard InChI is InChI=1S/C27H28N4O2S/c1-18-9-11-22(12-10-18)31-26(33)24-23(13-15-34-24)29-27(31)30-14-5-8-21(17-30)25(32)28-16-20-7-4-3-6-19(20)2/h3-4,6-7,9-13,15,21H,5,8,14,16-17H2,1-2H3,(H,28,32)/t21-/m0/s1. The van der Waals surface area contributed by atoms with E-state index in [1.165, 1.54) is 16.9 Å². The molecule has 1 N–H and O–H groups in total. The number of benzene rings is 2. The number of fused-ring (bicyclic) bond motifs is 1. The van der Waals surface area contributed by atoms with Crippen molar-refractivity contribution in [3.05, 3.63) is 87.0 Å². The summed E-state index contributed by atoms with van der Waals surface area (Å²) >= 11 is 1.41. The SMILES string of the molecule is Cc1ccc(-n2c(N3CCC[C@H](C(=O)NCc4ccccc4C)C3)nc3ccsc3c2=O)cc1. The summed E-state index contributed by atoms with van der Waals surface area (Å²) < 4.78 is 2.35. The Morgan fingerprint density at radius 1 is 1.12 bits per heavy atom. The van der Waals surface area contributed by atoms with Gasteiger partial charge in [0.05, 0.1) is 17.1 Å². The van der Waals surface area contributed by atoms with Crippen LogP contribution in [0.3, 0.4) is 0 Å². The number of carbonyl (C=O) groups excluding carboxylic acids is 1. The van der Waals surface area contributed by atoms with Crippen LogP contribution < -0.4 is 15.8 Å². The van der Waals surface area contributed by atoms with Gasteiger partial charge in [-0.1, -0.05) is 42.0 Å². The Balaban J connectivity index is 1.43. The molecule has 5 rings (SSSR count). The summed E-state index contributed by atoms with van der Waals surface area (Å²) in [6.45, 7) is 5.90. The zero-order chi connectivity index (χ0) is 23.7. The molecule has 3 heterocycles. The molecule has 7 heteroatoms. The number of nitrogens with one attached hydrogen (secondary N) is 1. The van der Waals surface area contributed by atoms with Crippen molar-refractivity contribution in [1.29, 1.82) is 0 Å². The lowest BCUT2D eigenvalue weighted by atomic mass is 9.97. The summed E-state index contributed by atoms with van der Waals surface area (Å²) in [7, 11) is 0. The summed E-state index contributed by atoms with van der Waals surface area (Å²) in [5, 5.41) is 5.02. The number of nitrogens with zero attached hydrogens (tertiary/aromatic N) is 3. The van der Waals surface area contributed by atoms with Gasteiger partial charge in [0.25, 0.3) is 5.56 Å². The van der Waals surface area contributed by atoms with Gasteiger partial charge in [0, 0.05) is 19.6 Å². The first-order chi connectivity index (χ1) is 16.5. The van der Waals surface area contributed by atoms with Crippen molar-refractivity contribution >= 4 is 33.4 Å². The molecule has 0 radical (unpaired) electrons. The van der Waals surface area contributed by atoms with Crippen LogP contribution in [0.4, 0.5) is 5.95 Å². The van der Waals surface area contributed by atoms with Gasteiger partial charge in [-0.05, 0) is 61.4 Å². The fourth-order valence-electron chi connectivity index (χ4n) is 4.55. The maximum atomic E-state index is 13.5. The number of thiophene rings is 1. The highest BCUT2D eigenvalue weighted by Gasteiger charge is 2.29. The van der Waals surface area contributed by atoms with E-state index in [1.54, 1.807) is 4.57 Å². The predicted molar refractivity (Wildman–Crippen MR) is 138 cm³/mol. The van der Waals surface area contributed by atoms with Gasteiger partial charge in [-0.25, -0.2) is 9.55 Å². The molecule has 1 aliphatic rings. The largest absolute Gasteiger partial charge is 0.352 e. The number of rotatable bonds is 5. The molecule has 1 fully saturated rings.